The summed E-state index contributed by atoms with van der Waals surface area (Å²) in [5.74, 6) is 0.0118. The van der Waals surface area contributed by atoms with Gasteiger partial charge in [0.2, 0.25) is 0 Å². The molecule has 0 atom stereocenters. The number of para-hydroxylation sites is 1. The fourth-order valence-electron chi connectivity index (χ4n) is 1.48. The molecule has 3 heteroatoms. The molecule has 2 rings (SSSR count). The number of nitrogens with zero attached hydrogens (tertiary/aromatic N) is 1. The van der Waals surface area contributed by atoms with Crippen molar-refractivity contribution in [2.24, 2.45) is 5.73 Å². The van der Waals surface area contributed by atoms with Crippen LogP contribution in [0.25, 0.3) is 10.9 Å². The highest BCUT2D eigenvalue weighted by atomic mass is 16.1. The second-order valence-electron chi connectivity index (χ2n) is 3.41. The van der Waals surface area contributed by atoms with Crippen LogP contribution < -0.4 is 5.73 Å². The molecule has 0 radical (unpaired) electrons. The summed E-state index contributed by atoms with van der Waals surface area (Å²) in [5, 5.41) is 1.08. The van der Waals surface area contributed by atoms with Crippen molar-refractivity contribution in [1.29, 1.82) is 0 Å². The van der Waals surface area contributed by atoms with Crippen LogP contribution in [-0.2, 0) is 11.2 Å². The molecule has 0 saturated heterocycles. The van der Waals surface area contributed by atoms with Crippen LogP contribution in [0.4, 0.5) is 0 Å². The Balaban J connectivity index is 2.34. The first-order valence-electron chi connectivity index (χ1n) is 4.86. The van der Waals surface area contributed by atoms with Crippen LogP contribution in [0.2, 0.25) is 0 Å². The topological polar surface area (TPSA) is 56.0 Å². The third-order valence-corrected chi connectivity index (χ3v) is 2.26. The average molecular weight is 200 g/mol. The van der Waals surface area contributed by atoms with Crippen molar-refractivity contribution in [3.05, 3.63) is 42.1 Å². The molecule has 0 aliphatic carbocycles. The molecule has 0 aliphatic rings. The summed E-state index contributed by atoms with van der Waals surface area (Å²) in [6.45, 7) is 0.0779. The molecule has 15 heavy (non-hydrogen) atoms. The van der Waals surface area contributed by atoms with E-state index in [4.69, 9.17) is 5.73 Å². The van der Waals surface area contributed by atoms with Crippen LogP contribution in [0.5, 0.6) is 0 Å². The molecule has 0 unspecified atom stereocenters. The second-order valence-corrected chi connectivity index (χ2v) is 3.41. The van der Waals surface area contributed by atoms with Crippen molar-refractivity contribution in [1.82, 2.24) is 4.98 Å². The Labute approximate surface area is 87.9 Å². The molecule has 2 aromatic rings. The summed E-state index contributed by atoms with van der Waals surface area (Å²) < 4.78 is 0. The Morgan fingerprint density at radius 2 is 2.00 bits per heavy atom. The quantitative estimate of drug-likeness (QED) is 0.812. The van der Waals surface area contributed by atoms with E-state index in [0.29, 0.717) is 6.42 Å². The van der Waals surface area contributed by atoms with Crippen molar-refractivity contribution in [2.45, 2.75) is 6.42 Å². The van der Waals surface area contributed by atoms with Crippen LogP contribution in [0.1, 0.15) is 5.69 Å². The van der Waals surface area contributed by atoms with Gasteiger partial charge in [0.15, 0.2) is 5.78 Å². The van der Waals surface area contributed by atoms with E-state index in [1.54, 1.807) is 0 Å². The van der Waals surface area contributed by atoms with Crippen molar-refractivity contribution >= 4 is 16.7 Å². The van der Waals surface area contributed by atoms with Gasteiger partial charge in [-0.3, -0.25) is 9.78 Å². The van der Waals surface area contributed by atoms with Crippen molar-refractivity contribution in [3.8, 4) is 0 Å². The van der Waals surface area contributed by atoms with Gasteiger partial charge in [-0.05, 0) is 12.1 Å². The lowest BCUT2D eigenvalue weighted by Gasteiger charge is -2.01. The molecule has 2 N–H and O–H groups in total. The molecular weight excluding hydrogens is 188 g/mol. The van der Waals surface area contributed by atoms with Crippen LogP contribution in [-0.4, -0.2) is 17.3 Å². The number of hydrogen-bond acceptors (Lipinski definition) is 3. The van der Waals surface area contributed by atoms with Crippen LogP contribution in [0.15, 0.2) is 36.4 Å². The number of Topliss-reactive ketones (excluding diaryl/α,β-unsaturated/α-hetero) is 1. The van der Waals surface area contributed by atoms with Gasteiger partial charge in [0.25, 0.3) is 0 Å². The number of aromatic nitrogens is 1. The fraction of sp³-hybridized carbons (Fsp3) is 0.167. The number of ketones is 1. The first kappa shape index (κ1) is 9.80. The highest BCUT2D eigenvalue weighted by molar-refractivity contribution is 5.83. The van der Waals surface area contributed by atoms with E-state index in [1.807, 2.05) is 36.4 Å². The van der Waals surface area contributed by atoms with E-state index < -0.39 is 0 Å². The third-order valence-electron chi connectivity index (χ3n) is 2.26. The van der Waals surface area contributed by atoms with E-state index in [9.17, 15) is 4.79 Å². The lowest BCUT2D eigenvalue weighted by molar-refractivity contribution is -0.117. The standard InChI is InChI=1S/C12H12N2O/c13-8-11(15)7-10-6-5-9-3-1-2-4-12(9)14-10/h1-6H,7-8,13H2. The minimum atomic E-state index is 0.0118. The van der Waals surface area contributed by atoms with Gasteiger partial charge >= 0.3 is 0 Å². The van der Waals surface area contributed by atoms with Gasteiger partial charge in [0.05, 0.1) is 18.5 Å². The first-order valence-corrected chi connectivity index (χ1v) is 4.86. The largest absolute Gasteiger partial charge is 0.324 e. The van der Waals surface area contributed by atoms with Crippen molar-refractivity contribution < 1.29 is 4.79 Å². The normalized spacial score (nSPS) is 10.5. The van der Waals surface area contributed by atoms with Gasteiger partial charge in [0, 0.05) is 11.1 Å². The Kier molecular flexibility index (Phi) is 2.74. The second kappa shape index (κ2) is 4.19. The van der Waals surface area contributed by atoms with E-state index in [-0.39, 0.29) is 12.3 Å². The fourth-order valence-corrected chi connectivity index (χ4v) is 1.48. The van der Waals surface area contributed by atoms with Gasteiger partial charge in [-0.15, -0.1) is 0 Å². The Morgan fingerprint density at radius 3 is 2.80 bits per heavy atom. The highest BCUT2D eigenvalue weighted by Crippen LogP contribution is 2.11. The minimum absolute atomic E-state index is 0.0118. The Bertz CT molecular complexity index is 494. The SMILES string of the molecule is NCC(=O)Cc1ccc2ccccc2n1. The molecule has 1 aromatic heterocycles. The predicted octanol–water partition coefficient (Wildman–Crippen LogP) is 1.31. The summed E-state index contributed by atoms with van der Waals surface area (Å²) in [7, 11) is 0. The van der Waals surface area contributed by atoms with E-state index in [1.165, 1.54) is 0 Å². The van der Waals surface area contributed by atoms with Crippen LogP contribution in [0.3, 0.4) is 0 Å². The number of nitrogens with two attached hydrogens (primary N) is 1. The molecule has 3 nitrogen and oxygen atoms in total. The number of carbonyl (C=O) groups excluding carboxylic acids is 1. The molecule has 76 valence electrons. The molecule has 0 spiro atoms. The smallest absolute Gasteiger partial charge is 0.152 e. The number of carbonyl (C=O) groups is 1. The zero-order valence-corrected chi connectivity index (χ0v) is 8.31. The lowest BCUT2D eigenvalue weighted by Crippen LogP contribution is -2.16. The number of hydrogen-bond donors (Lipinski definition) is 1. The van der Waals surface area contributed by atoms with Gasteiger partial charge in [0.1, 0.15) is 0 Å². The van der Waals surface area contributed by atoms with E-state index >= 15 is 0 Å². The van der Waals surface area contributed by atoms with Gasteiger partial charge in [-0.2, -0.15) is 0 Å². The molecule has 0 saturated carbocycles. The maximum Gasteiger partial charge on any atom is 0.152 e. The maximum absolute atomic E-state index is 11.2. The van der Waals surface area contributed by atoms with Gasteiger partial charge < -0.3 is 5.73 Å². The highest BCUT2D eigenvalue weighted by Gasteiger charge is 2.03. The molecular formula is C12H12N2O. The number of fused-ring (bicyclic) bond motifs is 1. The monoisotopic (exact) mass is 200 g/mol. The Morgan fingerprint density at radius 1 is 1.20 bits per heavy atom. The number of pyridine rings is 1. The molecule has 0 amide bonds. The third kappa shape index (κ3) is 2.19. The Hall–Kier alpha value is -1.74. The van der Waals surface area contributed by atoms with Crippen LogP contribution in [0, 0.1) is 0 Å². The van der Waals surface area contributed by atoms with Crippen LogP contribution >= 0.6 is 0 Å². The van der Waals surface area contributed by atoms with E-state index in [0.717, 1.165) is 16.6 Å². The summed E-state index contributed by atoms with van der Waals surface area (Å²) in [6.07, 6.45) is 0.321. The molecule has 1 heterocycles. The van der Waals surface area contributed by atoms with E-state index in [2.05, 4.69) is 4.98 Å². The predicted molar refractivity (Wildman–Crippen MR) is 59.5 cm³/mol. The van der Waals surface area contributed by atoms with Crippen molar-refractivity contribution in [2.75, 3.05) is 6.54 Å². The maximum atomic E-state index is 11.2. The van der Waals surface area contributed by atoms with Crippen molar-refractivity contribution in [3.63, 3.8) is 0 Å². The molecule has 1 aromatic carbocycles. The van der Waals surface area contributed by atoms with Gasteiger partial charge in [-0.25, -0.2) is 0 Å². The molecule has 0 bridgehead atoms. The summed E-state index contributed by atoms with van der Waals surface area (Å²) >= 11 is 0. The lowest BCUT2D eigenvalue weighted by atomic mass is 10.1. The summed E-state index contributed by atoms with van der Waals surface area (Å²) in [6, 6.07) is 11.7. The zero-order chi connectivity index (χ0) is 10.7. The number of rotatable bonds is 3. The minimum Gasteiger partial charge on any atom is -0.324 e. The van der Waals surface area contributed by atoms with Gasteiger partial charge in [-0.1, -0.05) is 24.3 Å². The molecule has 0 aliphatic heterocycles. The number of benzene rings is 1. The first-order chi connectivity index (χ1) is 7.29. The zero-order valence-electron chi connectivity index (χ0n) is 8.31. The average Bonchev–Trinajstić information content (AvgIpc) is 2.29. The molecule has 0 fully saturated rings. The summed E-state index contributed by atoms with van der Waals surface area (Å²) in [4.78, 5) is 15.5. The summed E-state index contributed by atoms with van der Waals surface area (Å²) in [5.41, 5.74) is 6.95.